The van der Waals surface area contributed by atoms with Gasteiger partial charge in [-0.05, 0) is 37.0 Å². The number of allylic oxidation sites excluding steroid dienone is 1. The molecule has 0 bridgehead atoms. The molecular weight excluding hydrogens is 330 g/mol. The zero-order chi connectivity index (χ0) is 18.0. The van der Waals surface area contributed by atoms with Gasteiger partial charge >= 0.3 is 4.87 Å². The summed E-state index contributed by atoms with van der Waals surface area (Å²) in [7, 11) is -4.29. The molecule has 1 aromatic carbocycles. The molecule has 0 spiro atoms. The number of aldehydes is 1. The van der Waals surface area contributed by atoms with Crippen LogP contribution in [0.1, 0.15) is 33.1 Å². The molecule has 0 amide bonds. The summed E-state index contributed by atoms with van der Waals surface area (Å²) in [5.41, 5.74) is 0.207. The average molecular weight is 351 g/mol. The van der Waals surface area contributed by atoms with Crippen molar-refractivity contribution in [3.8, 4) is 0 Å². The zero-order valence-electron chi connectivity index (χ0n) is 13.7. The van der Waals surface area contributed by atoms with Crippen molar-refractivity contribution < 1.29 is 18.1 Å². The Morgan fingerprint density at radius 1 is 1.25 bits per heavy atom. The maximum atomic E-state index is 13.4. The Labute approximate surface area is 141 Å². The van der Waals surface area contributed by atoms with Gasteiger partial charge in [-0.3, -0.25) is 14.9 Å². The lowest BCUT2D eigenvalue weighted by atomic mass is 9.74. The van der Waals surface area contributed by atoms with Gasteiger partial charge in [0.25, 0.3) is 9.84 Å². The zero-order valence-corrected chi connectivity index (χ0v) is 14.5. The molecule has 0 saturated heterocycles. The highest BCUT2D eigenvalue weighted by Crippen LogP contribution is 2.49. The molecule has 0 heterocycles. The van der Waals surface area contributed by atoms with E-state index in [1.54, 1.807) is 38.1 Å². The lowest BCUT2D eigenvalue weighted by Gasteiger charge is -2.40. The van der Waals surface area contributed by atoms with Crippen LogP contribution in [-0.4, -0.2) is 24.5 Å². The van der Waals surface area contributed by atoms with E-state index in [0.717, 1.165) is 0 Å². The Morgan fingerprint density at radius 2 is 1.88 bits per heavy atom. The molecule has 0 radical (unpaired) electrons. The predicted molar refractivity (Wildman–Crippen MR) is 89.7 cm³/mol. The minimum atomic E-state index is -4.29. The van der Waals surface area contributed by atoms with Gasteiger partial charge in [0.1, 0.15) is 6.29 Å². The van der Waals surface area contributed by atoms with Crippen molar-refractivity contribution in [1.82, 2.24) is 0 Å². The fraction of sp³-hybridized carbons (Fsp3) is 0.471. The largest absolute Gasteiger partial charge is 0.333 e. The van der Waals surface area contributed by atoms with Gasteiger partial charge < -0.3 is 0 Å². The molecule has 1 aliphatic carbocycles. The predicted octanol–water partition coefficient (Wildman–Crippen LogP) is 3.01. The maximum Gasteiger partial charge on any atom is 0.333 e. The van der Waals surface area contributed by atoms with Crippen molar-refractivity contribution in [2.45, 2.75) is 42.9 Å². The first kappa shape index (κ1) is 18.3. The van der Waals surface area contributed by atoms with E-state index < -0.39 is 31.5 Å². The minimum Gasteiger partial charge on any atom is -0.298 e. The fourth-order valence-electron chi connectivity index (χ4n) is 3.80. The van der Waals surface area contributed by atoms with Gasteiger partial charge in [0, 0.05) is 10.8 Å². The summed E-state index contributed by atoms with van der Waals surface area (Å²) >= 11 is 0. The van der Waals surface area contributed by atoms with E-state index in [1.807, 2.05) is 0 Å². The summed E-state index contributed by atoms with van der Waals surface area (Å²) in [6, 6.07) is 7.49. The molecule has 0 fully saturated rings. The minimum absolute atomic E-state index is 0.0780. The Balaban J connectivity index is 2.83. The molecule has 0 aliphatic heterocycles. The van der Waals surface area contributed by atoms with Crippen LogP contribution in [0, 0.1) is 22.0 Å². The van der Waals surface area contributed by atoms with E-state index in [4.69, 9.17) is 0 Å². The SMILES string of the molecule is CC[C@@H]1CC=C(C=O)[C@@H](CC)[C@@]1([N+](=O)[O-])S(=O)(=O)c1ccccc1. The van der Waals surface area contributed by atoms with Gasteiger partial charge in [0.2, 0.25) is 0 Å². The smallest absolute Gasteiger partial charge is 0.298 e. The number of nitrogens with zero attached hydrogens (tertiary/aromatic N) is 1. The number of rotatable bonds is 6. The molecule has 7 heteroatoms. The molecule has 1 aliphatic rings. The Bertz CT molecular complexity index is 756. The highest BCUT2D eigenvalue weighted by Gasteiger charge is 2.67. The Kier molecular flexibility index (Phi) is 5.22. The van der Waals surface area contributed by atoms with Gasteiger partial charge in [-0.25, -0.2) is 8.42 Å². The normalized spacial score (nSPS) is 27.3. The topological polar surface area (TPSA) is 94.3 Å². The molecular formula is C17H21NO5S. The van der Waals surface area contributed by atoms with E-state index in [0.29, 0.717) is 12.7 Å². The number of carbonyl (C=O) groups is 1. The molecule has 6 nitrogen and oxygen atoms in total. The van der Waals surface area contributed by atoms with Crippen LogP contribution in [-0.2, 0) is 14.6 Å². The second kappa shape index (κ2) is 6.84. The van der Waals surface area contributed by atoms with Crippen LogP contribution < -0.4 is 0 Å². The van der Waals surface area contributed by atoms with Crippen LogP contribution in [0.4, 0.5) is 0 Å². The molecule has 3 atom stereocenters. The lowest BCUT2D eigenvalue weighted by Crippen LogP contribution is -2.59. The Hall–Kier alpha value is -2.02. The van der Waals surface area contributed by atoms with Crippen molar-refractivity contribution in [3.63, 3.8) is 0 Å². The molecule has 2 rings (SSSR count). The first-order chi connectivity index (χ1) is 11.4. The second-order valence-electron chi connectivity index (χ2n) is 5.95. The van der Waals surface area contributed by atoms with E-state index >= 15 is 0 Å². The molecule has 0 aromatic heterocycles. The summed E-state index contributed by atoms with van der Waals surface area (Å²) in [5.74, 6) is -1.65. The van der Waals surface area contributed by atoms with Crippen molar-refractivity contribution in [1.29, 1.82) is 0 Å². The van der Waals surface area contributed by atoms with Crippen molar-refractivity contribution in [3.05, 3.63) is 52.1 Å². The lowest BCUT2D eigenvalue weighted by molar-refractivity contribution is -0.560. The molecule has 0 saturated carbocycles. The highest BCUT2D eigenvalue weighted by atomic mass is 32.2. The van der Waals surface area contributed by atoms with Gasteiger partial charge in [-0.2, -0.15) is 0 Å². The highest BCUT2D eigenvalue weighted by molar-refractivity contribution is 7.92. The molecule has 0 N–H and O–H groups in total. The molecule has 24 heavy (non-hydrogen) atoms. The van der Waals surface area contributed by atoms with E-state index in [2.05, 4.69) is 0 Å². The van der Waals surface area contributed by atoms with Crippen molar-refractivity contribution >= 4 is 16.1 Å². The van der Waals surface area contributed by atoms with E-state index in [1.165, 1.54) is 12.1 Å². The summed E-state index contributed by atoms with van der Waals surface area (Å²) in [4.78, 5) is 20.6. The number of carbonyl (C=O) groups excluding carboxylic acids is 1. The summed E-state index contributed by atoms with van der Waals surface area (Å²) in [6.45, 7) is 3.43. The monoisotopic (exact) mass is 351 g/mol. The van der Waals surface area contributed by atoms with Crippen LogP contribution in [0.15, 0.2) is 46.9 Å². The van der Waals surface area contributed by atoms with Gasteiger partial charge in [-0.15, -0.1) is 0 Å². The van der Waals surface area contributed by atoms with Gasteiger partial charge in [-0.1, -0.05) is 38.1 Å². The van der Waals surface area contributed by atoms with Gasteiger partial charge in [0.15, 0.2) is 0 Å². The van der Waals surface area contributed by atoms with Crippen LogP contribution in [0.3, 0.4) is 0 Å². The van der Waals surface area contributed by atoms with Crippen molar-refractivity contribution in [2.24, 2.45) is 11.8 Å². The number of hydrogen-bond donors (Lipinski definition) is 0. The first-order valence-corrected chi connectivity index (χ1v) is 9.45. The summed E-state index contributed by atoms with van der Waals surface area (Å²) < 4.78 is 26.7. The van der Waals surface area contributed by atoms with Crippen LogP contribution in [0.5, 0.6) is 0 Å². The number of nitro groups is 1. The first-order valence-electron chi connectivity index (χ1n) is 7.97. The third kappa shape index (κ3) is 2.47. The fourth-order valence-corrected chi connectivity index (χ4v) is 6.27. The second-order valence-corrected chi connectivity index (χ2v) is 8.08. The Morgan fingerprint density at radius 3 is 2.33 bits per heavy atom. The van der Waals surface area contributed by atoms with Crippen LogP contribution in [0.2, 0.25) is 0 Å². The number of benzene rings is 1. The number of hydrogen-bond acceptors (Lipinski definition) is 5. The summed E-state index contributed by atoms with van der Waals surface area (Å²) in [6.07, 6.45) is 2.95. The van der Waals surface area contributed by atoms with E-state index in [-0.39, 0.29) is 23.3 Å². The average Bonchev–Trinajstić information content (AvgIpc) is 2.60. The quantitative estimate of drug-likeness (QED) is 0.446. The van der Waals surface area contributed by atoms with Crippen molar-refractivity contribution in [2.75, 3.05) is 0 Å². The maximum absolute atomic E-state index is 13.4. The molecule has 0 unspecified atom stereocenters. The third-order valence-corrected chi connectivity index (χ3v) is 7.45. The van der Waals surface area contributed by atoms with Gasteiger partial charge in [0.05, 0.1) is 10.8 Å². The standard InChI is InChI=1S/C17H21NO5S/c1-3-14-11-10-13(12-19)16(4-2)17(14,18(20)21)24(22,23)15-8-6-5-7-9-15/h5-10,12,14,16H,3-4,11H2,1-2H3/t14-,16-,17+/m1/s1. The van der Waals surface area contributed by atoms with Crippen LogP contribution >= 0.6 is 0 Å². The summed E-state index contributed by atoms with van der Waals surface area (Å²) in [5, 5.41) is 12.2. The number of sulfone groups is 1. The molecule has 130 valence electrons. The van der Waals surface area contributed by atoms with E-state index in [9.17, 15) is 23.3 Å². The van der Waals surface area contributed by atoms with Crippen LogP contribution in [0.25, 0.3) is 0 Å². The third-order valence-electron chi connectivity index (χ3n) is 4.93. The molecule has 1 aromatic rings.